The fourth-order valence-electron chi connectivity index (χ4n) is 2.33. The predicted molar refractivity (Wildman–Crippen MR) is 82.0 cm³/mol. The third-order valence-electron chi connectivity index (χ3n) is 3.66. The molecule has 0 saturated carbocycles. The third-order valence-corrected chi connectivity index (χ3v) is 3.66. The van der Waals surface area contributed by atoms with Crippen molar-refractivity contribution in [2.45, 2.75) is 25.5 Å². The maximum absolute atomic E-state index is 11.9. The maximum atomic E-state index is 11.9. The Bertz CT molecular complexity index is 464. The second-order valence-electron chi connectivity index (χ2n) is 5.40. The van der Waals surface area contributed by atoms with Crippen molar-refractivity contribution in [2.75, 3.05) is 37.4 Å². The molecule has 4 N–H and O–H groups in total. The number of nitrogens with zero attached hydrogens (tertiary/aromatic N) is 1. The molecular weight excluding hydrogens is 270 g/mol. The van der Waals surface area contributed by atoms with Crippen LogP contribution >= 0.6 is 0 Å². The van der Waals surface area contributed by atoms with Gasteiger partial charge in [-0.15, -0.1) is 0 Å². The zero-order valence-corrected chi connectivity index (χ0v) is 12.3. The van der Waals surface area contributed by atoms with Crippen molar-refractivity contribution in [3.63, 3.8) is 0 Å². The molecule has 116 valence electrons. The molecule has 1 heterocycles. The summed E-state index contributed by atoms with van der Waals surface area (Å²) in [4.78, 5) is 14.1. The molecule has 0 radical (unpaired) electrons. The lowest BCUT2D eigenvalue weighted by atomic mass is 10.2. The zero-order chi connectivity index (χ0) is 15.2. The van der Waals surface area contributed by atoms with Crippen LogP contribution < -0.4 is 11.1 Å². The zero-order valence-electron chi connectivity index (χ0n) is 12.3. The van der Waals surface area contributed by atoms with E-state index in [0.29, 0.717) is 31.8 Å². The van der Waals surface area contributed by atoms with Crippen molar-refractivity contribution in [1.29, 1.82) is 0 Å². The third kappa shape index (κ3) is 4.70. The standard InChI is InChI=1S/C15H23N3O3/c1-11-10-21-14(9-19)8-18(11)7-6-15(20)17-13-4-2-12(16)3-5-13/h2-5,11,14,19H,6-10,16H2,1H3,(H,17,20). The smallest absolute Gasteiger partial charge is 0.225 e. The average molecular weight is 293 g/mol. The summed E-state index contributed by atoms with van der Waals surface area (Å²) >= 11 is 0. The highest BCUT2D eigenvalue weighted by molar-refractivity contribution is 5.90. The summed E-state index contributed by atoms with van der Waals surface area (Å²) in [5.74, 6) is -0.0287. The summed E-state index contributed by atoms with van der Waals surface area (Å²) in [5, 5.41) is 12.0. The number of anilines is 2. The molecule has 1 aliphatic rings. The highest BCUT2D eigenvalue weighted by Gasteiger charge is 2.25. The topological polar surface area (TPSA) is 87.8 Å². The van der Waals surface area contributed by atoms with Crippen LogP contribution in [0, 0.1) is 0 Å². The molecule has 2 unspecified atom stereocenters. The number of hydrogen-bond acceptors (Lipinski definition) is 5. The number of carbonyl (C=O) groups is 1. The van der Waals surface area contributed by atoms with Gasteiger partial charge in [-0.25, -0.2) is 0 Å². The van der Waals surface area contributed by atoms with E-state index < -0.39 is 0 Å². The molecule has 1 fully saturated rings. The number of morpholine rings is 1. The number of rotatable bonds is 5. The Morgan fingerprint density at radius 3 is 2.86 bits per heavy atom. The van der Waals surface area contributed by atoms with Gasteiger partial charge in [-0.05, 0) is 31.2 Å². The van der Waals surface area contributed by atoms with Gasteiger partial charge in [0.05, 0.1) is 19.3 Å². The quantitative estimate of drug-likeness (QED) is 0.695. The summed E-state index contributed by atoms with van der Waals surface area (Å²) in [6, 6.07) is 7.34. The van der Waals surface area contributed by atoms with Crippen molar-refractivity contribution in [3.05, 3.63) is 24.3 Å². The Hall–Kier alpha value is -1.63. The number of nitrogens with one attached hydrogen (secondary N) is 1. The number of carbonyl (C=O) groups excluding carboxylic acids is 1. The minimum absolute atomic E-state index is 0.0147. The second-order valence-corrected chi connectivity index (χ2v) is 5.40. The molecule has 2 rings (SSSR count). The van der Waals surface area contributed by atoms with Crippen molar-refractivity contribution in [2.24, 2.45) is 0 Å². The molecule has 1 aromatic rings. The van der Waals surface area contributed by atoms with Crippen LogP contribution in [0.5, 0.6) is 0 Å². The molecule has 21 heavy (non-hydrogen) atoms. The van der Waals surface area contributed by atoms with Gasteiger partial charge < -0.3 is 20.9 Å². The van der Waals surface area contributed by atoms with E-state index in [1.807, 2.05) is 0 Å². The number of ether oxygens (including phenoxy) is 1. The first-order chi connectivity index (χ1) is 10.1. The Labute approximate surface area is 124 Å². The summed E-state index contributed by atoms with van der Waals surface area (Å²) in [7, 11) is 0. The van der Waals surface area contributed by atoms with Crippen LogP contribution in [0.15, 0.2) is 24.3 Å². The maximum Gasteiger partial charge on any atom is 0.225 e. The van der Waals surface area contributed by atoms with E-state index in [9.17, 15) is 4.79 Å². The Kier molecular flexibility index (Phi) is 5.55. The van der Waals surface area contributed by atoms with E-state index in [1.54, 1.807) is 24.3 Å². The Balaban J connectivity index is 1.78. The van der Waals surface area contributed by atoms with Gasteiger partial charge in [0.25, 0.3) is 0 Å². The SMILES string of the molecule is CC1COC(CO)CN1CCC(=O)Nc1ccc(N)cc1. The van der Waals surface area contributed by atoms with E-state index in [1.165, 1.54) is 0 Å². The van der Waals surface area contributed by atoms with Gasteiger partial charge >= 0.3 is 0 Å². The molecular formula is C15H23N3O3. The van der Waals surface area contributed by atoms with Crippen molar-refractivity contribution in [3.8, 4) is 0 Å². The van der Waals surface area contributed by atoms with Crippen LogP contribution in [-0.4, -0.2) is 54.4 Å². The number of aliphatic hydroxyl groups is 1. The molecule has 1 aliphatic heterocycles. The first-order valence-electron chi connectivity index (χ1n) is 7.20. The van der Waals surface area contributed by atoms with Gasteiger partial charge in [-0.2, -0.15) is 0 Å². The molecule has 2 atom stereocenters. The normalized spacial score (nSPS) is 23.0. The number of hydrogen-bond donors (Lipinski definition) is 3. The van der Waals surface area contributed by atoms with E-state index in [2.05, 4.69) is 17.1 Å². The lowest BCUT2D eigenvalue weighted by Gasteiger charge is -2.37. The number of benzene rings is 1. The summed E-state index contributed by atoms with van der Waals surface area (Å²) < 4.78 is 5.48. The van der Waals surface area contributed by atoms with Crippen LogP contribution in [0.3, 0.4) is 0 Å². The molecule has 1 saturated heterocycles. The van der Waals surface area contributed by atoms with Gasteiger partial charge in [-0.1, -0.05) is 0 Å². The van der Waals surface area contributed by atoms with E-state index in [0.717, 1.165) is 5.69 Å². The van der Waals surface area contributed by atoms with Crippen molar-refractivity contribution < 1.29 is 14.6 Å². The summed E-state index contributed by atoms with van der Waals surface area (Å²) in [6.45, 7) is 3.98. The number of amides is 1. The lowest BCUT2D eigenvalue weighted by molar-refractivity contribution is -0.118. The van der Waals surface area contributed by atoms with Gasteiger partial charge in [0.2, 0.25) is 5.91 Å². The molecule has 0 aromatic heterocycles. The van der Waals surface area contributed by atoms with Crippen LogP contribution in [0.2, 0.25) is 0 Å². The Morgan fingerprint density at radius 1 is 1.48 bits per heavy atom. The van der Waals surface area contributed by atoms with E-state index in [-0.39, 0.29) is 24.7 Å². The summed E-state index contributed by atoms with van der Waals surface area (Å²) in [6.07, 6.45) is 0.258. The van der Waals surface area contributed by atoms with Gasteiger partial charge in [0.1, 0.15) is 0 Å². The van der Waals surface area contributed by atoms with E-state index >= 15 is 0 Å². The first-order valence-corrected chi connectivity index (χ1v) is 7.20. The molecule has 6 heteroatoms. The Morgan fingerprint density at radius 2 is 2.19 bits per heavy atom. The van der Waals surface area contributed by atoms with Crippen LogP contribution in [0.25, 0.3) is 0 Å². The minimum atomic E-state index is -0.152. The van der Waals surface area contributed by atoms with E-state index in [4.69, 9.17) is 15.6 Å². The minimum Gasteiger partial charge on any atom is -0.399 e. The number of nitrogen functional groups attached to an aromatic ring is 1. The molecule has 6 nitrogen and oxygen atoms in total. The molecule has 1 aromatic carbocycles. The highest BCUT2D eigenvalue weighted by Crippen LogP contribution is 2.13. The summed E-state index contributed by atoms with van der Waals surface area (Å²) in [5.41, 5.74) is 7.02. The number of nitrogens with two attached hydrogens (primary N) is 1. The van der Waals surface area contributed by atoms with Crippen molar-refractivity contribution in [1.82, 2.24) is 4.90 Å². The van der Waals surface area contributed by atoms with Gasteiger partial charge in [0, 0.05) is 36.9 Å². The predicted octanol–water partition coefficient (Wildman–Crippen LogP) is 0.679. The largest absolute Gasteiger partial charge is 0.399 e. The van der Waals surface area contributed by atoms with Gasteiger partial charge in [-0.3, -0.25) is 9.69 Å². The fourth-order valence-corrected chi connectivity index (χ4v) is 2.33. The van der Waals surface area contributed by atoms with Crippen LogP contribution in [0.4, 0.5) is 11.4 Å². The first kappa shape index (κ1) is 15.8. The fraction of sp³-hybridized carbons (Fsp3) is 0.533. The molecule has 0 spiro atoms. The number of aliphatic hydroxyl groups excluding tert-OH is 1. The molecule has 0 aliphatic carbocycles. The molecule has 1 amide bonds. The highest BCUT2D eigenvalue weighted by atomic mass is 16.5. The molecule has 0 bridgehead atoms. The lowest BCUT2D eigenvalue weighted by Crippen LogP contribution is -2.50. The second kappa shape index (κ2) is 7.40. The van der Waals surface area contributed by atoms with Crippen LogP contribution in [-0.2, 0) is 9.53 Å². The monoisotopic (exact) mass is 293 g/mol. The van der Waals surface area contributed by atoms with Crippen LogP contribution in [0.1, 0.15) is 13.3 Å². The van der Waals surface area contributed by atoms with Crippen molar-refractivity contribution >= 4 is 17.3 Å². The van der Waals surface area contributed by atoms with Gasteiger partial charge in [0.15, 0.2) is 0 Å². The average Bonchev–Trinajstić information content (AvgIpc) is 2.49.